The first-order valence-corrected chi connectivity index (χ1v) is 5.98. The minimum absolute atomic E-state index is 0.578. The van der Waals surface area contributed by atoms with Gasteiger partial charge in [0.15, 0.2) is 11.5 Å². The minimum Gasteiger partial charge on any atom is -0.440 e. The van der Waals surface area contributed by atoms with Gasteiger partial charge < -0.3 is 10.2 Å². The van der Waals surface area contributed by atoms with Crippen LogP contribution in [0, 0.1) is 0 Å². The van der Waals surface area contributed by atoms with Crippen LogP contribution in [0.3, 0.4) is 0 Å². The second-order valence-corrected chi connectivity index (χ2v) is 4.51. The molecule has 90 valence electrons. The highest BCUT2D eigenvalue weighted by atomic mass is 35.5. The highest BCUT2D eigenvalue weighted by Gasteiger charge is 2.08. The monoisotopic (exact) mass is 258 g/mol. The molecule has 0 radical (unpaired) electrons. The number of benzene rings is 2. The Morgan fingerprint density at radius 3 is 2.83 bits per heavy atom. The summed E-state index contributed by atoms with van der Waals surface area (Å²) in [5.41, 5.74) is 8.90. The molecule has 0 bridgehead atoms. The maximum absolute atomic E-state index is 6.11. The Morgan fingerprint density at radius 1 is 1.17 bits per heavy atom. The SMILES string of the molecule is Nc1ccc2oc(Cc3ccccc3Cl)nc2c1. The molecule has 18 heavy (non-hydrogen) atoms. The maximum Gasteiger partial charge on any atom is 0.199 e. The molecule has 0 saturated heterocycles. The number of oxazole rings is 1. The van der Waals surface area contributed by atoms with Crippen LogP contribution in [-0.2, 0) is 6.42 Å². The zero-order valence-electron chi connectivity index (χ0n) is 9.56. The Bertz CT molecular complexity index is 706. The first-order chi connectivity index (χ1) is 8.72. The number of fused-ring (bicyclic) bond motifs is 1. The molecule has 1 aromatic heterocycles. The van der Waals surface area contributed by atoms with E-state index in [4.69, 9.17) is 21.8 Å². The molecule has 0 aliphatic heterocycles. The van der Waals surface area contributed by atoms with Crippen molar-refractivity contribution in [1.29, 1.82) is 0 Å². The number of aromatic nitrogens is 1. The lowest BCUT2D eigenvalue weighted by Crippen LogP contribution is -1.88. The summed E-state index contributed by atoms with van der Waals surface area (Å²) in [5, 5.41) is 0.722. The first kappa shape index (κ1) is 11.1. The van der Waals surface area contributed by atoms with E-state index in [9.17, 15) is 0 Å². The molecule has 3 rings (SSSR count). The Morgan fingerprint density at radius 2 is 2.00 bits per heavy atom. The molecule has 3 aromatic rings. The van der Waals surface area contributed by atoms with Crippen LogP contribution in [0.2, 0.25) is 5.02 Å². The van der Waals surface area contributed by atoms with Crippen molar-refractivity contribution in [2.24, 2.45) is 0 Å². The summed E-state index contributed by atoms with van der Waals surface area (Å²) >= 11 is 6.11. The fourth-order valence-corrected chi connectivity index (χ4v) is 2.08. The fraction of sp³-hybridized carbons (Fsp3) is 0.0714. The Kier molecular flexibility index (Phi) is 2.68. The van der Waals surface area contributed by atoms with Crippen molar-refractivity contribution in [3.63, 3.8) is 0 Å². The predicted molar refractivity (Wildman–Crippen MR) is 72.7 cm³/mol. The van der Waals surface area contributed by atoms with Gasteiger partial charge in [-0.1, -0.05) is 29.8 Å². The largest absolute Gasteiger partial charge is 0.440 e. The van der Waals surface area contributed by atoms with Crippen LogP contribution in [-0.4, -0.2) is 4.98 Å². The van der Waals surface area contributed by atoms with Gasteiger partial charge in [-0.05, 0) is 29.8 Å². The van der Waals surface area contributed by atoms with E-state index < -0.39 is 0 Å². The van der Waals surface area contributed by atoms with Crippen molar-refractivity contribution >= 4 is 28.4 Å². The van der Waals surface area contributed by atoms with Crippen molar-refractivity contribution in [3.05, 3.63) is 58.9 Å². The molecule has 0 atom stereocenters. The van der Waals surface area contributed by atoms with Crippen molar-refractivity contribution in [1.82, 2.24) is 4.98 Å². The van der Waals surface area contributed by atoms with Crippen molar-refractivity contribution in [2.45, 2.75) is 6.42 Å². The molecular formula is C14H11ClN2O. The number of anilines is 1. The lowest BCUT2D eigenvalue weighted by atomic mass is 10.1. The molecule has 2 aromatic carbocycles. The number of hydrogen-bond acceptors (Lipinski definition) is 3. The summed E-state index contributed by atoms with van der Waals surface area (Å²) < 4.78 is 5.66. The van der Waals surface area contributed by atoms with Gasteiger partial charge in [-0.2, -0.15) is 0 Å². The van der Waals surface area contributed by atoms with E-state index in [1.54, 1.807) is 12.1 Å². The van der Waals surface area contributed by atoms with Gasteiger partial charge >= 0.3 is 0 Å². The Balaban J connectivity index is 1.98. The predicted octanol–water partition coefficient (Wildman–Crippen LogP) is 3.65. The number of nitrogens with zero attached hydrogens (tertiary/aromatic N) is 1. The summed E-state index contributed by atoms with van der Waals surface area (Å²) in [4.78, 5) is 4.40. The number of nitrogens with two attached hydrogens (primary N) is 1. The summed E-state index contributed by atoms with van der Waals surface area (Å²) in [6.45, 7) is 0. The highest BCUT2D eigenvalue weighted by molar-refractivity contribution is 6.31. The smallest absolute Gasteiger partial charge is 0.199 e. The molecule has 2 N–H and O–H groups in total. The van der Waals surface area contributed by atoms with Crippen LogP contribution in [0.25, 0.3) is 11.1 Å². The average molecular weight is 259 g/mol. The standard InChI is InChI=1S/C14H11ClN2O/c15-11-4-2-1-3-9(11)7-14-17-12-8-10(16)5-6-13(12)18-14/h1-6,8H,7,16H2. The first-order valence-electron chi connectivity index (χ1n) is 5.61. The van der Waals surface area contributed by atoms with E-state index in [1.807, 2.05) is 30.3 Å². The van der Waals surface area contributed by atoms with Crippen LogP contribution >= 0.6 is 11.6 Å². The summed E-state index contributed by atoms with van der Waals surface area (Å²) in [5.74, 6) is 0.642. The van der Waals surface area contributed by atoms with Crippen molar-refractivity contribution in [3.8, 4) is 0 Å². The van der Waals surface area contributed by atoms with Crippen molar-refractivity contribution in [2.75, 3.05) is 5.73 Å². The van der Waals surface area contributed by atoms with Gasteiger partial charge in [-0.25, -0.2) is 4.98 Å². The average Bonchev–Trinajstić information content (AvgIpc) is 2.73. The topological polar surface area (TPSA) is 52.0 Å². The molecule has 0 aliphatic rings. The maximum atomic E-state index is 6.11. The van der Waals surface area contributed by atoms with Crippen LogP contribution in [0.1, 0.15) is 11.5 Å². The number of nitrogen functional groups attached to an aromatic ring is 1. The number of halogens is 1. The molecule has 0 saturated carbocycles. The molecule has 1 heterocycles. The van der Waals surface area contributed by atoms with E-state index in [2.05, 4.69) is 4.98 Å². The molecule has 0 spiro atoms. The quantitative estimate of drug-likeness (QED) is 0.714. The molecule has 3 nitrogen and oxygen atoms in total. The van der Waals surface area contributed by atoms with Crippen LogP contribution < -0.4 is 5.73 Å². The van der Waals surface area contributed by atoms with Gasteiger partial charge in [0, 0.05) is 10.7 Å². The Labute approximate surface area is 109 Å². The summed E-state index contributed by atoms with van der Waals surface area (Å²) in [6, 6.07) is 13.1. The van der Waals surface area contributed by atoms with Crippen molar-refractivity contribution < 1.29 is 4.42 Å². The second kappa shape index (κ2) is 4.35. The van der Waals surface area contributed by atoms with Gasteiger partial charge in [0.2, 0.25) is 0 Å². The minimum atomic E-state index is 0.578. The third-order valence-corrected chi connectivity index (χ3v) is 3.12. The molecular weight excluding hydrogens is 248 g/mol. The van der Waals surface area contributed by atoms with Crippen LogP contribution in [0.15, 0.2) is 46.9 Å². The lowest BCUT2D eigenvalue weighted by molar-refractivity contribution is 0.544. The van der Waals surface area contributed by atoms with E-state index in [0.29, 0.717) is 18.0 Å². The number of rotatable bonds is 2. The summed E-state index contributed by atoms with van der Waals surface area (Å²) in [6.07, 6.45) is 0.578. The highest BCUT2D eigenvalue weighted by Crippen LogP contribution is 2.22. The van der Waals surface area contributed by atoms with Gasteiger partial charge in [-0.15, -0.1) is 0 Å². The fourth-order valence-electron chi connectivity index (χ4n) is 1.87. The van der Waals surface area contributed by atoms with Crippen LogP contribution in [0.4, 0.5) is 5.69 Å². The van der Waals surface area contributed by atoms with E-state index in [1.165, 1.54) is 0 Å². The van der Waals surface area contributed by atoms with Crippen LogP contribution in [0.5, 0.6) is 0 Å². The van der Waals surface area contributed by atoms with Gasteiger partial charge in [0.25, 0.3) is 0 Å². The third kappa shape index (κ3) is 2.05. The van der Waals surface area contributed by atoms with E-state index in [0.717, 1.165) is 21.7 Å². The normalized spacial score (nSPS) is 10.9. The van der Waals surface area contributed by atoms with E-state index >= 15 is 0 Å². The Hall–Kier alpha value is -2.00. The lowest BCUT2D eigenvalue weighted by Gasteiger charge is -1.99. The van der Waals surface area contributed by atoms with Gasteiger partial charge in [0.05, 0.1) is 6.42 Å². The van der Waals surface area contributed by atoms with Gasteiger partial charge in [-0.3, -0.25) is 0 Å². The zero-order chi connectivity index (χ0) is 12.5. The molecule has 0 amide bonds. The summed E-state index contributed by atoms with van der Waals surface area (Å²) in [7, 11) is 0. The molecule has 4 heteroatoms. The third-order valence-electron chi connectivity index (χ3n) is 2.76. The molecule has 0 fully saturated rings. The number of hydrogen-bond donors (Lipinski definition) is 1. The van der Waals surface area contributed by atoms with Gasteiger partial charge in [0.1, 0.15) is 5.52 Å². The van der Waals surface area contributed by atoms with E-state index in [-0.39, 0.29) is 0 Å². The zero-order valence-corrected chi connectivity index (χ0v) is 10.3. The molecule has 0 unspecified atom stereocenters. The molecule has 0 aliphatic carbocycles. The second-order valence-electron chi connectivity index (χ2n) is 4.10.